The molecule has 0 spiro atoms. The van der Waals surface area contributed by atoms with Crippen LogP contribution < -0.4 is 5.32 Å². The van der Waals surface area contributed by atoms with Gasteiger partial charge in [-0.05, 0) is 61.9 Å². The number of anilines is 1. The summed E-state index contributed by atoms with van der Waals surface area (Å²) in [6.45, 7) is 3.95. The summed E-state index contributed by atoms with van der Waals surface area (Å²) in [5.74, 6) is -0.675. The van der Waals surface area contributed by atoms with Crippen LogP contribution in [-0.4, -0.2) is 30.1 Å². The van der Waals surface area contributed by atoms with Crippen molar-refractivity contribution in [3.05, 3.63) is 88.3 Å². The van der Waals surface area contributed by atoms with Gasteiger partial charge >= 0.3 is 0 Å². The molecule has 4 aromatic rings. The van der Waals surface area contributed by atoms with Crippen molar-refractivity contribution in [3.8, 4) is 16.9 Å². The van der Waals surface area contributed by atoms with Crippen molar-refractivity contribution in [3.63, 3.8) is 0 Å². The molecule has 0 saturated carbocycles. The third-order valence-electron chi connectivity index (χ3n) is 5.16. The van der Waals surface area contributed by atoms with Gasteiger partial charge in [0.05, 0.1) is 11.4 Å². The number of amides is 1. The van der Waals surface area contributed by atoms with Gasteiger partial charge in [0.1, 0.15) is 5.82 Å². The third kappa shape index (κ3) is 5.20. The molecule has 1 amide bonds. The van der Waals surface area contributed by atoms with E-state index < -0.39 is 9.84 Å². The highest BCUT2D eigenvalue weighted by molar-refractivity contribution is 7.89. The van der Waals surface area contributed by atoms with Crippen LogP contribution in [0.2, 0.25) is 0 Å². The molecule has 0 fully saturated rings. The van der Waals surface area contributed by atoms with Crippen molar-refractivity contribution in [2.24, 2.45) is 0 Å². The van der Waals surface area contributed by atoms with Crippen molar-refractivity contribution in [1.29, 1.82) is 0 Å². The number of benzene rings is 2. The number of halogens is 1. The molecule has 0 atom stereocenters. The Hall–Kier alpha value is -3.30. The summed E-state index contributed by atoms with van der Waals surface area (Å²) in [4.78, 5) is 17.2. The summed E-state index contributed by atoms with van der Waals surface area (Å²) in [5, 5.41) is 5.13. The van der Waals surface area contributed by atoms with Gasteiger partial charge in [0.25, 0.3) is 5.91 Å². The van der Waals surface area contributed by atoms with E-state index in [0.717, 1.165) is 28.3 Å². The van der Waals surface area contributed by atoms with Gasteiger partial charge < -0.3 is 4.57 Å². The first-order valence-electron chi connectivity index (χ1n) is 10.1. The Morgan fingerprint density at radius 2 is 1.76 bits per heavy atom. The molecule has 2 heterocycles. The van der Waals surface area contributed by atoms with Crippen molar-refractivity contribution in [2.75, 3.05) is 11.6 Å². The number of aromatic nitrogens is 2. The second-order valence-corrected chi connectivity index (χ2v) is 10.9. The summed E-state index contributed by atoms with van der Waals surface area (Å²) in [6, 6.07) is 14.8. The van der Waals surface area contributed by atoms with Crippen LogP contribution >= 0.6 is 11.3 Å². The standard InChI is InChI=1S/C24H22FN3O3S2/c1-15-12-21(16(2)28(15)20-10-8-19(25)9-11-20)22-13-32-24(26-22)27-23(29)18-6-4-17(5-7-18)14-33(3,30)31/h4-13H,14H2,1-3H3,(H,26,27,29). The number of carbonyl (C=O) groups excluding carboxylic acids is 1. The summed E-state index contributed by atoms with van der Waals surface area (Å²) in [7, 11) is -3.13. The maximum absolute atomic E-state index is 13.3. The van der Waals surface area contributed by atoms with Gasteiger partial charge in [-0.15, -0.1) is 11.3 Å². The van der Waals surface area contributed by atoms with Crippen molar-refractivity contribution in [1.82, 2.24) is 9.55 Å². The smallest absolute Gasteiger partial charge is 0.257 e. The Labute approximate surface area is 195 Å². The van der Waals surface area contributed by atoms with Gasteiger partial charge in [-0.2, -0.15) is 0 Å². The van der Waals surface area contributed by atoms with E-state index in [2.05, 4.69) is 10.3 Å². The number of carbonyl (C=O) groups is 1. The molecule has 33 heavy (non-hydrogen) atoms. The first-order valence-corrected chi connectivity index (χ1v) is 13.0. The SMILES string of the molecule is Cc1cc(-c2csc(NC(=O)c3ccc(CS(C)(=O)=O)cc3)n2)c(C)n1-c1ccc(F)cc1. The van der Waals surface area contributed by atoms with Gasteiger partial charge in [-0.25, -0.2) is 17.8 Å². The van der Waals surface area contributed by atoms with E-state index >= 15 is 0 Å². The monoisotopic (exact) mass is 483 g/mol. The van der Waals surface area contributed by atoms with Crippen molar-refractivity contribution in [2.45, 2.75) is 19.6 Å². The minimum atomic E-state index is -3.13. The highest BCUT2D eigenvalue weighted by Crippen LogP contribution is 2.32. The minimum Gasteiger partial charge on any atom is -0.318 e. The van der Waals surface area contributed by atoms with Crippen molar-refractivity contribution >= 4 is 32.2 Å². The first-order chi connectivity index (χ1) is 15.6. The maximum atomic E-state index is 13.3. The number of thiazole rings is 1. The topological polar surface area (TPSA) is 81.1 Å². The van der Waals surface area contributed by atoms with Gasteiger partial charge in [0.15, 0.2) is 15.0 Å². The normalized spacial score (nSPS) is 11.5. The number of hydrogen-bond acceptors (Lipinski definition) is 5. The molecule has 4 rings (SSSR count). The molecule has 170 valence electrons. The largest absolute Gasteiger partial charge is 0.318 e. The molecule has 2 aromatic heterocycles. The van der Waals surface area contributed by atoms with E-state index in [1.807, 2.05) is 29.9 Å². The number of nitrogens with zero attached hydrogens (tertiary/aromatic N) is 2. The fourth-order valence-electron chi connectivity index (χ4n) is 3.69. The Balaban J connectivity index is 1.52. The molecular formula is C24H22FN3O3S2. The van der Waals surface area contributed by atoms with Crippen LogP contribution in [-0.2, 0) is 15.6 Å². The highest BCUT2D eigenvalue weighted by atomic mass is 32.2. The number of rotatable bonds is 6. The lowest BCUT2D eigenvalue weighted by Gasteiger charge is -2.09. The predicted octanol–water partition coefficient (Wildman–Crippen LogP) is 5.15. The second-order valence-electron chi connectivity index (χ2n) is 7.86. The molecule has 6 nitrogen and oxygen atoms in total. The van der Waals surface area contributed by atoms with E-state index in [1.165, 1.54) is 29.7 Å². The quantitative estimate of drug-likeness (QED) is 0.411. The first kappa shape index (κ1) is 22.9. The number of hydrogen-bond donors (Lipinski definition) is 1. The molecule has 9 heteroatoms. The Morgan fingerprint density at radius 1 is 1.09 bits per heavy atom. The van der Waals surface area contributed by atoms with Gasteiger partial charge in [-0.1, -0.05) is 12.1 Å². The Kier molecular flexibility index (Phi) is 6.18. The zero-order chi connectivity index (χ0) is 23.8. The van der Waals surface area contributed by atoms with Gasteiger partial charge in [0.2, 0.25) is 0 Å². The number of nitrogens with one attached hydrogen (secondary N) is 1. The number of sulfone groups is 1. The molecule has 0 saturated heterocycles. The maximum Gasteiger partial charge on any atom is 0.257 e. The molecule has 0 bridgehead atoms. The Morgan fingerprint density at radius 3 is 2.39 bits per heavy atom. The van der Waals surface area contributed by atoms with Crippen molar-refractivity contribution < 1.29 is 17.6 Å². The highest BCUT2D eigenvalue weighted by Gasteiger charge is 2.16. The molecule has 2 aromatic carbocycles. The summed E-state index contributed by atoms with van der Waals surface area (Å²) in [5.41, 5.74) is 5.52. The molecular weight excluding hydrogens is 461 g/mol. The molecule has 0 radical (unpaired) electrons. The van der Waals surface area contributed by atoms with Crippen LogP contribution in [0.3, 0.4) is 0 Å². The van der Waals surface area contributed by atoms with Crippen LogP contribution in [0.1, 0.15) is 27.3 Å². The second kappa shape index (κ2) is 8.92. The average molecular weight is 484 g/mol. The fourth-order valence-corrected chi connectivity index (χ4v) is 5.19. The van der Waals surface area contributed by atoms with Crippen LogP contribution in [0.4, 0.5) is 9.52 Å². The Bertz CT molecular complexity index is 1420. The minimum absolute atomic E-state index is 0.0684. The molecule has 0 aliphatic heterocycles. The summed E-state index contributed by atoms with van der Waals surface area (Å²) >= 11 is 1.32. The van der Waals surface area contributed by atoms with Gasteiger partial charge in [-0.3, -0.25) is 10.1 Å². The van der Waals surface area contributed by atoms with E-state index in [0.29, 0.717) is 16.3 Å². The van der Waals surface area contributed by atoms with Crippen LogP contribution in [0.25, 0.3) is 16.9 Å². The zero-order valence-electron chi connectivity index (χ0n) is 18.3. The molecule has 0 aliphatic carbocycles. The molecule has 1 N–H and O–H groups in total. The summed E-state index contributed by atoms with van der Waals surface area (Å²) < 4.78 is 38.2. The van der Waals surface area contributed by atoms with E-state index in [4.69, 9.17) is 0 Å². The number of aryl methyl sites for hydroxylation is 1. The lowest BCUT2D eigenvalue weighted by atomic mass is 10.1. The zero-order valence-corrected chi connectivity index (χ0v) is 19.9. The molecule has 0 aliphatic rings. The average Bonchev–Trinajstić information content (AvgIpc) is 3.32. The summed E-state index contributed by atoms with van der Waals surface area (Å²) in [6.07, 6.45) is 1.17. The van der Waals surface area contributed by atoms with Gasteiger partial charge in [0, 0.05) is 39.8 Å². The molecule has 0 unspecified atom stereocenters. The van der Waals surface area contributed by atoms with E-state index in [1.54, 1.807) is 36.4 Å². The lowest BCUT2D eigenvalue weighted by Crippen LogP contribution is -2.12. The lowest BCUT2D eigenvalue weighted by molar-refractivity contribution is 0.102. The van der Waals surface area contributed by atoms with Crippen LogP contribution in [0.15, 0.2) is 60.0 Å². The third-order valence-corrected chi connectivity index (χ3v) is 6.78. The predicted molar refractivity (Wildman–Crippen MR) is 129 cm³/mol. The van der Waals surface area contributed by atoms with E-state index in [9.17, 15) is 17.6 Å². The van der Waals surface area contributed by atoms with Crippen LogP contribution in [0.5, 0.6) is 0 Å². The van der Waals surface area contributed by atoms with Crippen LogP contribution in [0, 0.1) is 19.7 Å². The van der Waals surface area contributed by atoms with E-state index in [-0.39, 0.29) is 17.5 Å². The fraction of sp³-hybridized carbons (Fsp3) is 0.167.